The number of nitrogens with one attached hydrogen (secondary N) is 1. The third-order valence-corrected chi connectivity index (χ3v) is 7.63. The number of anilines is 1. The molecule has 0 saturated heterocycles. The van der Waals surface area contributed by atoms with Gasteiger partial charge in [-0.25, -0.2) is 4.79 Å². The molecule has 0 radical (unpaired) electrons. The molecule has 4 fully saturated rings. The first-order valence-electron chi connectivity index (χ1n) is 11.7. The first-order chi connectivity index (χ1) is 15.1. The van der Waals surface area contributed by atoms with Gasteiger partial charge >= 0.3 is 5.97 Å². The number of hydrazone groups is 1. The van der Waals surface area contributed by atoms with Gasteiger partial charge in [-0.05, 0) is 86.0 Å². The molecule has 172 valence electrons. The lowest BCUT2D eigenvalue weighted by molar-refractivity contribution is -0.120. The Hall–Kier alpha value is -2.63. The summed E-state index contributed by atoms with van der Waals surface area (Å²) in [6.07, 6.45) is 8.33. The first-order valence-corrected chi connectivity index (χ1v) is 11.7. The molecule has 4 bridgehead atoms. The van der Waals surface area contributed by atoms with Gasteiger partial charge in [0.05, 0.1) is 23.0 Å². The Bertz CT molecular complexity index is 912. The topological polar surface area (TPSA) is 99.0 Å². The maximum absolute atomic E-state index is 13.4. The summed E-state index contributed by atoms with van der Waals surface area (Å²) in [6.45, 7) is 5.64. The molecule has 3 N–H and O–H groups in total. The molecule has 5 rings (SSSR count). The van der Waals surface area contributed by atoms with Gasteiger partial charge in [0.2, 0.25) is 0 Å². The zero-order valence-corrected chi connectivity index (χ0v) is 19.2. The van der Waals surface area contributed by atoms with Gasteiger partial charge in [-0.2, -0.15) is 5.10 Å². The molecule has 0 spiro atoms. The van der Waals surface area contributed by atoms with Gasteiger partial charge in [0.1, 0.15) is 5.76 Å². The van der Waals surface area contributed by atoms with Crippen LogP contribution in [0.1, 0.15) is 69.7 Å². The molecule has 6 nitrogen and oxygen atoms in total. The fraction of sp³-hybridized carbons (Fsp3) is 0.577. The van der Waals surface area contributed by atoms with Crippen molar-refractivity contribution in [3.05, 3.63) is 41.2 Å². The minimum atomic E-state index is -0.990. The molecule has 6 heteroatoms. The summed E-state index contributed by atoms with van der Waals surface area (Å²) in [5.74, 6) is 2.46. The Morgan fingerprint density at radius 1 is 1.00 bits per heavy atom. The van der Waals surface area contributed by atoms with E-state index in [1.165, 1.54) is 50.5 Å². The van der Waals surface area contributed by atoms with E-state index >= 15 is 0 Å². The van der Waals surface area contributed by atoms with Crippen molar-refractivity contribution < 1.29 is 19.8 Å². The van der Waals surface area contributed by atoms with Crippen LogP contribution < -0.4 is 5.43 Å². The summed E-state index contributed by atoms with van der Waals surface area (Å²) in [5.41, 5.74) is 3.33. The van der Waals surface area contributed by atoms with Gasteiger partial charge < -0.3 is 10.2 Å². The molecule has 0 amide bonds. The van der Waals surface area contributed by atoms with Crippen LogP contribution in [0.3, 0.4) is 0 Å². The second-order valence-electron chi connectivity index (χ2n) is 11.0. The number of nitrogens with zero attached hydrogens (tertiary/aromatic N) is 1. The van der Waals surface area contributed by atoms with Gasteiger partial charge in [-0.15, -0.1) is 0 Å². The molecular weight excluding hydrogens is 404 g/mol. The van der Waals surface area contributed by atoms with Crippen molar-refractivity contribution in [3.8, 4) is 0 Å². The Kier molecular flexibility index (Phi) is 6.15. The summed E-state index contributed by atoms with van der Waals surface area (Å²) in [4.78, 5) is 24.4. The van der Waals surface area contributed by atoms with Crippen molar-refractivity contribution in [2.45, 2.75) is 59.3 Å². The van der Waals surface area contributed by atoms with Crippen molar-refractivity contribution in [2.24, 2.45) is 40.1 Å². The average Bonchev–Trinajstić information content (AvgIpc) is 2.72. The molecule has 0 heterocycles. The quantitative estimate of drug-likeness (QED) is 0.220. The van der Waals surface area contributed by atoms with E-state index in [-0.39, 0.29) is 22.7 Å². The molecule has 4 saturated carbocycles. The summed E-state index contributed by atoms with van der Waals surface area (Å²) < 4.78 is 0. The Morgan fingerprint density at radius 2 is 1.56 bits per heavy atom. The van der Waals surface area contributed by atoms with Crippen LogP contribution in [0.5, 0.6) is 0 Å². The normalized spacial score (nSPS) is 29.8. The number of aromatic carboxylic acids is 1. The van der Waals surface area contributed by atoms with Crippen molar-refractivity contribution in [1.29, 1.82) is 0 Å². The summed E-state index contributed by atoms with van der Waals surface area (Å²) >= 11 is 0. The van der Waals surface area contributed by atoms with Crippen LogP contribution in [0.25, 0.3) is 0 Å². The third kappa shape index (κ3) is 4.74. The number of hydrogen-bond donors (Lipinski definition) is 3. The van der Waals surface area contributed by atoms with Crippen LogP contribution in [0.4, 0.5) is 5.69 Å². The lowest BCUT2D eigenvalue weighted by Crippen LogP contribution is -2.45. The van der Waals surface area contributed by atoms with E-state index in [1.807, 2.05) is 20.8 Å². The van der Waals surface area contributed by atoms with E-state index in [1.54, 1.807) is 12.1 Å². The number of rotatable bonds is 7. The van der Waals surface area contributed by atoms with Crippen LogP contribution in [0.15, 0.2) is 40.7 Å². The minimum Gasteiger partial charge on any atom is -0.511 e. The highest BCUT2D eigenvalue weighted by Crippen LogP contribution is 2.57. The number of aliphatic hydroxyl groups excluding tert-OH is 1. The molecule has 0 aromatic heterocycles. The van der Waals surface area contributed by atoms with Gasteiger partial charge in [-0.3, -0.25) is 10.2 Å². The highest BCUT2D eigenvalue weighted by atomic mass is 16.4. The Balaban J connectivity index is 1.49. The van der Waals surface area contributed by atoms with Crippen LogP contribution in [0, 0.1) is 35.0 Å². The van der Waals surface area contributed by atoms with Gasteiger partial charge in [0, 0.05) is 11.8 Å². The maximum Gasteiger partial charge on any atom is 0.335 e. The van der Waals surface area contributed by atoms with E-state index < -0.39 is 11.4 Å². The van der Waals surface area contributed by atoms with Crippen LogP contribution in [0.2, 0.25) is 0 Å². The van der Waals surface area contributed by atoms with Crippen LogP contribution in [-0.2, 0) is 4.79 Å². The number of Topliss-reactive ketones (excluding diaryl/α,β-unsaturated/α-hetero) is 1. The molecule has 4 aliphatic carbocycles. The fourth-order valence-corrected chi connectivity index (χ4v) is 6.22. The van der Waals surface area contributed by atoms with E-state index in [9.17, 15) is 14.7 Å². The standard InChI is InChI=1S/C26H34N2O4/c1-26(2,3)24(30)22(14-27-28-20-6-4-17(5-7-20)25(31)32)23(29)13-21-18-9-15-8-16(11-18)12-19(21)10-15/h4-7,14-16,18-19,21,28,30H,8-13H2,1-3H3,(H,31,32). The van der Waals surface area contributed by atoms with E-state index in [0.717, 1.165) is 11.8 Å². The number of carboxylic acids is 1. The molecule has 0 aliphatic heterocycles. The number of ketones is 1. The summed E-state index contributed by atoms with van der Waals surface area (Å²) in [5, 5.41) is 24.1. The van der Waals surface area contributed by atoms with E-state index in [0.29, 0.717) is 29.9 Å². The van der Waals surface area contributed by atoms with E-state index in [4.69, 9.17) is 5.11 Å². The third-order valence-electron chi connectivity index (χ3n) is 7.63. The molecule has 32 heavy (non-hydrogen) atoms. The minimum absolute atomic E-state index is 0.0401. The van der Waals surface area contributed by atoms with Gasteiger partial charge in [-0.1, -0.05) is 20.8 Å². The van der Waals surface area contributed by atoms with Crippen molar-refractivity contribution >= 4 is 23.7 Å². The number of aliphatic hydroxyl groups is 1. The summed E-state index contributed by atoms with van der Waals surface area (Å²) in [7, 11) is 0. The Labute approximate surface area is 189 Å². The van der Waals surface area contributed by atoms with Gasteiger partial charge in [0.25, 0.3) is 0 Å². The highest BCUT2D eigenvalue weighted by molar-refractivity contribution is 6.14. The average molecular weight is 439 g/mol. The predicted molar refractivity (Wildman–Crippen MR) is 125 cm³/mol. The van der Waals surface area contributed by atoms with Gasteiger partial charge in [0.15, 0.2) is 5.78 Å². The van der Waals surface area contributed by atoms with Crippen LogP contribution in [-0.4, -0.2) is 28.2 Å². The molecule has 0 atom stereocenters. The molecular formula is C26H34N2O4. The molecule has 0 unspecified atom stereocenters. The highest BCUT2D eigenvalue weighted by Gasteiger charge is 2.48. The monoisotopic (exact) mass is 438 g/mol. The smallest absolute Gasteiger partial charge is 0.335 e. The number of allylic oxidation sites excluding steroid dienone is 2. The van der Waals surface area contributed by atoms with E-state index in [2.05, 4.69) is 10.5 Å². The maximum atomic E-state index is 13.4. The lowest BCUT2D eigenvalue weighted by Gasteiger charge is -2.54. The fourth-order valence-electron chi connectivity index (χ4n) is 6.22. The van der Waals surface area contributed by atoms with Crippen LogP contribution >= 0.6 is 0 Å². The zero-order chi connectivity index (χ0) is 23.0. The molecule has 4 aliphatic rings. The van der Waals surface area contributed by atoms with Crippen molar-refractivity contribution in [2.75, 3.05) is 5.43 Å². The zero-order valence-electron chi connectivity index (χ0n) is 19.2. The van der Waals surface area contributed by atoms with Crippen molar-refractivity contribution in [3.63, 3.8) is 0 Å². The first kappa shape index (κ1) is 22.6. The number of carboxylic acid groups (broad SMARTS) is 1. The SMILES string of the molecule is CC(C)(C)C(O)=C(C=NNc1ccc(C(=O)O)cc1)C(=O)CC1C2CC3CC(C2)CC1C3. The number of hydrogen-bond acceptors (Lipinski definition) is 5. The molecule has 1 aromatic rings. The Morgan fingerprint density at radius 3 is 2.06 bits per heavy atom. The largest absolute Gasteiger partial charge is 0.511 e. The number of carbonyl (C=O) groups is 2. The molecule has 1 aromatic carbocycles. The second kappa shape index (κ2) is 8.72. The summed E-state index contributed by atoms with van der Waals surface area (Å²) in [6, 6.07) is 6.20. The lowest BCUT2D eigenvalue weighted by atomic mass is 9.51. The second-order valence-corrected chi connectivity index (χ2v) is 11.0. The number of benzene rings is 1. The van der Waals surface area contributed by atoms with Crippen molar-refractivity contribution in [1.82, 2.24) is 0 Å². The predicted octanol–water partition coefficient (Wildman–Crippen LogP) is 5.67. The number of carbonyl (C=O) groups excluding carboxylic acids is 1.